The minimum Gasteiger partial charge on any atom is -0.412 e. The quantitative estimate of drug-likeness (QED) is 0.426. The molecule has 0 aromatic heterocycles. The van der Waals surface area contributed by atoms with Crippen molar-refractivity contribution >= 4 is 14.0 Å². The zero-order valence-electron chi connectivity index (χ0n) is 12.3. The lowest BCUT2D eigenvalue weighted by Gasteiger charge is -2.36. The number of hydrogen-bond acceptors (Lipinski definition) is 1. The van der Waals surface area contributed by atoms with Crippen LogP contribution < -0.4 is 0 Å². The van der Waals surface area contributed by atoms with E-state index in [9.17, 15) is 13.2 Å². The van der Waals surface area contributed by atoms with Gasteiger partial charge in [0.05, 0.1) is 13.2 Å². The third kappa shape index (κ3) is 3.22. The molecule has 1 rings (SSSR count). The highest BCUT2D eigenvalue weighted by atomic mass is 28.4. The Labute approximate surface area is 118 Å². The van der Waals surface area contributed by atoms with Crippen LogP contribution in [0, 0.1) is 24.0 Å². The van der Waals surface area contributed by atoms with Crippen molar-refractivity contribution in [3.8, 4) is 0 Å². The van der Waals surface area contributed by atoms with E-state index in [-0.39, 0.29) is 17.2 Å². The number of halogens is 3. The third-order valence-electron chi connectivity index (χ3n) is 3.72. The van der Waals surface area contributed by atoms with Crippen LogP contribution in [0.1, 0.15) is 26.3 Å². The smallest absolute Gasteiger partial charge is 0.259 e. The Morgan fingerprint density at radius 1 is 1.20 bits per heavy atom. The van der Waals surface area contributed by atoms with Crippen molar-refractivity contribution in [3.63, 3.8) is 0 Å². The van der Waals surface area contributed by atoms with Crippen molar-refractivity contribution in [2.24, 2.45) is 0 Å². The normalized spacial score (nSPS) is 12.3. The summed E-state index contributed by atoms with van der Waals surface area (Å²) in [6.45, 7) is 16.4. The minimum atomic E-state index is -2.14. The predicted octanol–water partition coefficient (Wildman–Crippen LogP) is 5.18. The maximum absolute atomic E-state index is 13.8. The van der Waals surface area contributed by atoms with E-state index in [4.69, 9.17) is 11.0 Å². The van der Waals surface area contributed by atoms with Crippen LogP contribution in [-0.4, -0.2) is 8.32 Å². The summed E-state index contributed by atoms with van der Waals surface area (Å²) in [4.78, 5) is 2.65. The van der Waals surface area contributed by atoms with Gasteiger partial charge in [0.1, 0.15) is 5.82 Å². The van der Waals surface area contributed by atoms with Crippen molar-refractivity contribution in [3.05, 3.63) is 40.5 Å². The van der Waals surface area contributed by atoms with Crippen molar-refractivity contribution in [1.29, 1.82) is 0 Å². The fourth-order valence-electron chi connectivity index (χ4n) is 1.32. The van der Waals surface area contributed by atoms with Gasteiger partial charge in [0.15, 0.2) is 20.0 Å². The van der Waals surface area contributed by atoms with Gasteiger partial charge in [-0.3, -0.25) is 0 Å². The van der Waals surface area contributed by atoms with Gasteiger partial charge in [0, 0.05) is 5.56 Å². The molecule has 20 heavy (non-hydrogen) atoms. The second-order valence-electron chi connectivity index (χ2n) is 6.15. The van der Waals surface area contributed by atoms with Gasteiger partial charge >= 0.3 is 0 Å². The van der Waals surface area contributed by atoms with Crippen LogP contribution in [0.2, 0.25) is 18.1 Å². The highest BCUT2D eigenvalue weighted by molar-refractivity contribution is 6.74. The molecule has 0 bridgehead atoms. The summed E-state index contributed by atoms with van der Waals surface area (Å²) < 4.78 is 46.5. The molecule has 0 radical (unpaired) electrons. The molecule has 6 heteroatoms. The van der Waals surface area contributed by atoms with Crippen molar-refractivity contribution < 1.29 is 17.6 Å². The van der Waals surface area contributed by atoms with E-state index in [2.05, 4.69) is 4.85 Å². The molecule has 0 unspecified atom stereocenters. The lowest BCUT2D eigenvalue weighted by molar-refractivity contribution is 0.268. The lowest BCUT2D eigenvalue weighted by Crippen LogP contribution is -2.40. The Morgan fingerprint density at radius 2 is 1.75 bits per heavy atom. The summed E-state index contributed by atoms with van der Waals surface area (Å²) in [7, 11) is -2.14. The molecule has 2 nitrogen and oxygen atoms in total. The van der Waals surface area contributed by atoms with Gasteiger partial charge < -0.3 is 4.43 Å². The van der Waals surface area contributed by atoms with E-state index in [0.29, 0.717) is 0 Å². The molecular formula is C14H18F3NOSi. The van der Waals surface area contributed by atoms with E-state index in [1.54, 1.807) is 0 Å². The van der Waals surface area contributed by atoms with Gasteiger partial charge in [0.2, 0.25) is 0 Å². The second kappa shape index (κ2) is 5.58. The monoisotopic (exact) mass is 301 g/mol. The molecule has 0 heterocycles. The fraction of sp³-hybridized carbons (Fsp3) is 0.500. The van der Waals surface area contributed by atoms with Crippen LogP contribution in [-0.2, 0) is 11.0 Å². The summed E-state index contributed by atoms with van der Waals surface area (Å²) in [5, 5.41) is -0.0863. The zero-order chi connectivity index (χ0) is 15.7. The average molecular weight is 301 g/mol. The Morgan fingerprint density at radius 3 is 2.20 bits per heavy atom. The molecule has 1 aromatic rings. The van der Waals surface area contributed by atoms with E-state index >= 15 is 0 Å². The molecular weight excluding hydrogens is 283 g/mol. The molecule has 110 valence electrons. The van der Waals surface area contributed by atoms with Gasteiger partial charge in [-0.1, -0.05) is 20.8 Å². The lowest BCUT2D eigenvalue weighted by atomic mass is 10.2. The predicted molar refractivity (Wildman–Crippen MR) is 74.6 cm³/mol. The van der Waals surface area contributed by atoms with Gasteiger partial charge in [-0.05, 0) is 24.2 Å². The molecule has 0 aliphatic carbocycles. The van der Waals surface area contributed by atoms with Crippen LogP contribution in [0.25, 0.3) is 4.85 Å². The SMILES string of the molecule is [C-]#[N+]c1c(F)cc(CO[Si](C)(C)C(C)(C)C)c(F)c1F. The number of hydrogen-bond donors (Lipinski definition) is 0. The topological polar surface area (TPSA) is 13.6 Å². The van der Waals surface area contributed by atoms with Crippen LogP contribution in [0.15, 0.2) is 6.07 Å². The first kappa shape index (κ1) is 16.7. The standard InChI is InChI=1S/C14H18F3NOSi/c1-14(2,3)20(5,6)19-8-9-7-10(15)13(18-4)12(17)11(9)16/h7H,8H2,1-3,5-6H3. The first-order chi connectivity index (χ1) is 9.01. The summed E-state index contributed by atoms with van der Waals surface area (Å²) >= 11 is 0. The van der Waals surface area contributed by atoms with Gasteiger partial charge in [-0.25, -0.2) is 18.0 Å². The molecule has 0 saturated carbocycles. The van der Waals surface area contributed by atoms with Gasteiger partial charge in [0.25, 0.3) is 5.69 Å². The third-order valence-corrected chi connectivity index (χ3v) is 8.19. The molecule has 0 atom stereocenters. The molecule has 0 saturated heterocycles. The molecule has 0 spiro atoms. The number of rotatable bonds is 3. The largest absolute Gasteiger partial charge is 0.412 e. The molecule has 0 aliphatic rings. The van der Waals surface area contributed by atoms with E-state index < -0.39 is 31.5 Å². The minimum absolute atomic E-state index is 0.0863. The Hall–Kier alpha value is -1.32. The summed E-state index contributed by atoms with van der Waals surface area (Å²) in [6.07, 6.45) is 0. The maximum Gasteiger partial charge on any atom is 0.259 e. The van der Waals surface area contributed by atoms with Gasteiger partial charge in [-0.15, -0.1) is 0 Å². The van der Waals surface area contributed by atoms with Crippen molar-refractivity contribution in [2.75, 3.05) is 0 Å². The molecule has 1 aromatic carbocycles. The second-order valence-corrected chi connectivity index (χ2v) is 11.0. The van der Waals surface area contributed by atoms with Crippen LogP contribution in [0.3, 0.4) is 0 Å². The summed E-state index contributed by atoms with van der Waals surface area (Å²) in [6, 6.07) is 0.832. The van der Waals surface area contributed by atoms with Crippen LogP contribution >= 0.6 is 0 Å². The van der Waals surface area contributed by atoms with Crippen LogP contribution in [0.4, 0.5) is 18.9 Å². The average Bonchev–Trinajstić information content (AvgIpc) is 2.31. The zero-order valence-corrected chi connectivity index (χ0v) is 13.3. The van der Waals surface area contributed by atoms with Crippen molar-refractivity contribution in [2.45, 2.75) is 45.5 Å². The van der Waals surface area contributed by atoms with E-state index in [0.717, 1.165) is 6.07 Å². The Bertz CT molecular complexity index is 559. The summed E-state index contributed by atoms with van der Waals surface area (Å²) in [5.41, 5.74) is -1.11. The number of benzene rings is 1. The van der Waals surface area contributed by atoms with E-state index in [1.165, 1.54) is 0 Å². The Kier molecular flexibility index (Phi) is 4.67. The van der Waals surface area contributed by atoms with Crippen molar-refractivity contribution in [1.82, 2.24) is 0 Å². The van der Waals surface area contributed by atoms with Crippen LogP contribution in [0.5, 0.6) is 0 Å². The highest BCUT2D eigenvalue weighted by Crippen LogP contribution is 2.37. The first-order valence-electron chi connectivity index (χ1n) is 6.19. The number of nitrogens with zero attached hydrogens (tertiary/aromatic N) is 1. The fourth-order valence-corrected chi connectivity index (χ4v) is 2.27. The molecule has 0 N–H and O–H groups in total. The van der Waals surface area contributed by atoms with E-state index in [1.807, 2.05) is 33.9 Å². The van der Waals surface area contributed by atoms with Gasteiger partial charge in [-0.2, -0.15) is 0 Å². The highest BCUT2D eigenvalue weighted by Gasteiger charge is 2.37. The molecule has 0 fully saturated rings. The molecule has 0 amide bonds. The molecule has 0 aliphatic heterocycles. The first-order valence-corrected chi connectivity index (χ1v) is 9.10. The summed E-state index contributed by atoms with van der Waals surface area (Å²) in [5.74, 6) is -3.72. The Balaban J connectivity index is 3.05. The maximum atomic E-state index is 13.8.